The summed E-state index contributed by atoms with van der Waals surface area (Å²) in [5.74, 6) is -1.78. The molecule has 0 aliphatic rings. The quantitative estimate of drug-likeness (QED) is 0.907. The Morgan fingerprint density at radius 1 is 1.30 bits per heavy atom. The van der Waals surface area contributed by atoms with Crippen molar-refractivity contribution in [2.75, 3.05) is 5.32 Å². The lowest BCUT2D eigenvalue weighted by atomic mass is 10.1. The van der Waals surface area contributed by atoms with Crippen molar-refractivity contribution in [2.24, 2.45) is 0 Å². The summed E-state index contributed by atoms with van der Waals surface area (Å²) >= 11 is 1.17. The van der Waals surface area contributed by atoms with Gasteiger partial charge in [-0.1, -0.05) is 17.7 Å². The number of nitrogens with one attached hydrogen (secondary N) is 1. The molecule has 20 heavy (non-hydrogen) atoms. The Labute approximate surface area is 120 Å². The monoisotopic (exact) mass is 290 g/mol. The molecule has 1 aromatic heterocycles. The molecule has 0 aliphatic carbocycles. The second kappa shape index (κ2) is 5.83. The third-order valence-electron chi connectivity index (χ3n) is 2.82. The number of carbonyl (C=O) groups is 2. The fourth-order valence-corrected chi connectivity index (χ4v) is 2.43. The highest BCUT2D eigenvalue weighted by Crippen LogP contribution is 2.22. The van der Waals surface area contributed by atoms with Crippen LogP contribution >= 0.6 is 11.3 Å². The molecule has 104 valence electrons. The van der Waals surface area contributed by atoms with E-state index in [-0.39, 0.29) is 11.6 Å². The van der Waals surface area contributed by atoms with Crippen LogP contribution in [0.4, 0.5) is 5.69 Å². The predicted molar refractivity (Wildman–Crippen MR) is 77.3 cm³/mol. The SMILES string of the molecule is Cc1ccc(NC(=O)[C@H](C)c2nc(C(=O)O)cs2)cc1. The largest absolute Gasteiger partial charge is 0.476 e. The molecule has 5 nitrogen and oxygen atoms in total. The summed E-state index contributed by atoms with van der Waals surface area (Å²) in [4.78, 5) is 26.8. The summed E-state index contributed by atoms with van der Waals surface area (Å²) in [7, 11) is 0. The third-order valence-corrected chi connectivity index (χ3v) is 3.85. The molecule has 1 heterocycles. The zero-order valence-corrected chi connectivity index (χ0v) is 11.9. The number of amides is 1. The van der Waals surface area contributed by atoms with Gasteiger partial charge in [0.15, 0.2) is 5.69 Å². The van der Waals surface area contributed by atoms with Crippen molar-refractivity contribution in [3.05, 3.63) is 45.9 Å². The van der Waals surface area contributed by atoms with Gasteiger partial charge in [-0.3, -0.25) is 4.79 Å². The number of carbonyl (C=O) groups excluding carboxylic acids is 1. The smallest absolute Gasteiger partial charge is 0.355 e. The van der Waals surface area contributed by atoms with Gasteiger partial charge in [-0.25, -0.2) is 9.78 Å². The Balaban J connectivity index is 2.07. The number of aromatic nitrogens is 1. The van der Waals surface area contributed by atoms with Gasteiger partial charge in [0.05, 0.1) is 5.92 Å². The first kappa shape index (κ1) is 14.2. The number of anilines is 1. The highest BCUT2D eigenvalue weighted by Gasteiger charge is 2.20. The predicted octanol–water partition coefficient (Wildman–Crippen LogP) is 2.89. The van der Waals surface area contributed by atoms with Crippen molar-refractivity contribution in [2.45, 2.75) is 19.8 Å². The van der Waals surface area contributed by atoms with E-state index in [2.05, 4.69) is 10.3 Å². The number of aromatic carboxylic acids is 1. The lowest BCUT2D eigenvalue weighted by molar-refractivity contribution is -0.117. The average molecular weight is 290 g/mol. The molecule has 0 saturated heterocycles. The summed E-state index contributed by atoms with van der Waals surface area (Å²) in [5, 5.41) is 13.5. The number of aryl methyl sites for hydroxylation is 1. The van der Waals surface area contributed by atoms with Crippen LogP contribution in [0, 0.1) is 6.92 Å². The fraction of sp³-hybridized carbons (Fsp3) is 0.214. The van der Waals surface area contributed by atoms with Gasteiger partial charge in [-0.2, -0.15) is 0 Å². The first-order valence-electron chi connectivity index (χ1n) is 6.03. The van der Waals surface area contributed by atoms with E-state index >= 15 is 0 Å². The van der Waals surface area contributed by atoms with Gasteiger partial charge in [0.1, 0.15) is 5.01 Å². The van der Waals surface area contributed by atoms with Crippen molar-refractivity contribution in [1.29, 1.82) is 0 Å². The Bertz CT molecular complexity index is 634. The first-order chi connectivity index (χ1) is 9.47. The first-order valence-corrected chi connectivity index (χ1v) is 6.91. The summed E-state index contributed by atoms with van der Waals surface area (Å²) in [5.41, 5.74) is 1.80. The van der Waals surface area contributed by atoms with Crippen LogP contribution in [-0.4, -0.2) is 22.0 Å². The second-order valence-electron chi connectivity index (χ2n) is 4.45. The molecule has 1 aromatic carbocycles. The molecule has 1 amide bonds. The van der Waals surface area contributed by atoms with Crippen LogP contribution in [0.2, 0.25) is 0 Å². The van der Waals surface area contributed by atoms with Crippen LogP contribution in [0.15, 0.2) is 29.6 Å². The zero-order chi connectivity index (χ0) is 14.7. The van der Waals surface area contributed by atoms with Gasteiger partial charge < -0.3 is 10.4 Å². The maximum atomic E-state index is 12.1. The van der Waals surface area contributed by atoms with E-state index in [0.717, 1.165) is 5.56 Å². The molecule has 0 unspecified atom stereocenters. The Kier molecular flexibility index (Phi) is 4.14. The molecule has 2 N–H and O–H groups in total. The van der Waals surface area contributed by atoms with Gasteiger partial charge in [0.25, 0.3) is 0 Å². The van der Waals surface area contributed by atoms with Crippen LogP contribution in [0.1, 0.15) is 33.9 Å². The molecule has 0 bridgehead atoms. The van der Waals surface area contributed by atoms with E-state index < -0.39 is 11.9 Å². The topological polar surface area (TPSA) is 79.3 Å². The van der Waals surface area contributed by atoms with Crippen molar-refractivity contribution in [1.82, 2.24) is 4.98 Å². The number of benzene rings is 1. The van der Waals surface area contributed by atoms with E-state index in [1.807, 2.05) is 31.2 Å². The number of carboxylic acid groups (broad SMARTS) is 1. The van der Waals surface area contributed by atoms with Gasteiger partial charge in [0.2, 0.25) is 5.91 Å². The molecular weight excluding hydrogens is 276 g/mol. The molecule has 6 heteroatoms. The van der Waals surface area contributed by atoms with Gasteiger partial charge in [0, 0.05) is 11.1 Å². The summed E-state index contributed by atoms with van der Waals surface area (Å²) in [6.07, 6.45) is 0. The maximum absolute atomic E-state index is 12.1. The van der Waals surface area contributed by atoms with Crippen molar-refractivity contribution in [3.8, 4) is 0 Å². The molecule has 1 atom stereocenters. The lowest BCUT2D eigenvalue weighted by Gasteiger charge is -2.09. The standard InChI is InChI=1S/C14H14N2O3S/c1-8-3-5-10(6-4-8)15-12(17)9(2)13-16-11(7-20-13)14(18)19/h3-7,9H,1-2H3,(H,15,17)(H,18,19)/t9-/m0/s1. The average Bonchev–Trinajstić information content (AvgIpc) is 2.90. The Hall–Kier alpha value is -2.21. The van der Waals surface area contributed by atoms with E-state index in [0.29, 0.717) is 10.7 Å². The normalized spacial score (nSPS) is 11.9. The molecule has 0 spiro atoms. The number of nitrogens with zero attached hydrogens (tertiary/aromatic N) is 1. The van der Waals surface area contributed by atoms with Crippen LogP contribution in [0.3, 0.4) is 0 Å². The van der Waals surface area contributed by atoms with E-state index in [4.69, 9.17) is 5.11 Å². The molecule has 0 radical (unpaired) electrons. The van der Waals surface area contributed by atoms with Crippen molar-refractivity contribution >= 4 is 28.9 Å². The highest BCUT2D eigenvalue weighted by atomic mass is 32.1. The molecule has 2 rings (SSSR count). The molecule has 0 fully saturated rings. The number of thiazole rings is 1. The van der Waals surface area contributed by atoms with Crippen LogP contribution in [0.5, 0.6) is 0 Å². The molecule has 0 saturated carbocycles. The van der Waals surface area contributed by atoms with Gasteiger partial charge in [-0.15, -0.1) is 11.3 Å². The molecule has 2 aromatic rings. The number of rotatable bonds is 4. The molecule has 0 aliphatic heterocycles. The van der Waals surface area contributed by atoms with E-state index in [1.165, 1.54) is 16.7 Å². The number of carboxylic acids is 1. The van der Waals surface area contributed by atoms with Crippen LogP contribution in [-0.2, 0) is 4.79 Å². The number of hydrogen-bond acceptors (Lipinski definition) is 4. The summed E-state index contributed by atoms with van der Waals surface area (Å²) < 4.78 is 0. The Morgan fingerprint density at radius 2 is 1.95 bits per heavy atom. The summed E-state index contributed by atoms with van der Waals surface area (Å²) in [6, 6.07) is 7.47. The minimum absolute atomic E-state index is 0.0278. The van der Waals surface area contributed by atoms with Gasteiger partial charge >= 0.3 is 5.97 Å². The Morgan fingerprint density at radius 3 is 2.50 bits per heavy atom. The van der Waals surface area contributed by atoms with Gasteiger partial charge in [-0.05, 0) is 26.0 Å². The fourth-order valence-electron chi connectivity index (χ4n) is 1.58. The maximum Gasteiger partial charge on any atom is 0.355 e. The van der Waals surface area contributed by atoms with E-state index in [1.54, 1.807) is 6.92 Å². The van der Waals surface area contributed by atoms with Crippen LogP contribution in [0.25, 0.3) is 0 Å². The third kappa shape index (κ3) is 3.21. The lowest BCUT2D eigenvalue weighted by Crippen LogP contribution is -2.18. The second-order valence-corrected chi connectivity index (χ2v) is 5.34. The highest BCUT2D eigenvalue weighted by molar-refractivity contribution is 7.10. The van der Waals surface area contributed by atoms with Crippen molar-refractivity contribution in [3.63, 3.8) is 0 Å². The number of hydrogen-bond donors (Lipinski definition) is 2. The van der Waals surface area contributed by atoms with Crippen molar-refractivity contribution < 1.29 is 14.7 Å². The zero-order valence-electron chi connectivity index (χ0n) is 11.1. The minimum Gasteiger partial charge on any atom is -0.476 e. The van der Waals surface area contributed by atoms with E-state index in [9.17, 15) is 9.59 Å². The van der Waals surface area contributed by atoms with Crippen LogP contribution < -0.4 is 5.32 Å². The minimum atomic E-state index is -1.08. The molecular formula is C14H14N2O3S. The summed E-state index contributed by atoms with van der Waals surface area (Å²) in [6.45, 7) is 3.67.